The normalized spacial score (nSPS) is 13.6. The highest BCUT2D eigenvalue weighted by Crippen LogP contribution is 1.94. The lowest BCUT2D eigenvalue weighted by atomic mass is 10.4. The van der Waals surface area contributed by atoms with Gasteiger partial charge in [-0.3, -0.25) is 4.79 Å². The number of nitrogens with one attached hydrogen (secondary N) is 1. The van der Waals surface area contributed by atoms with Crippen LogP contribution in [-0.2, 0) is 19.6 Å². The Hall–Kier alpha value is -0.660. The van der Waals surface area contributed by atoms with Crippen molar-refractivity contribution in [1.29, 1.82) is 0 Å². The molecule has 0 unspecified atom stereocenters. The zero-order valence-corrected chi connectivity index (χ0v) is 9.00. The highest BCUT2D eigenvalue weighted by Gasteiger charge is 2.15. The number of hydrogen-bond acceptors (Lipinski definition) is 5. The molecule has 0 radical (unpaired) electrons. The van der Waals surface area contributed by atoms with Gasteiger partial charge in [0.1, 0.15) is 0 Å². The average Bonchev–Trinajstić information content (AvgIpc) is 2.13. The molecule has 0 bridgehead atoms. The molecule has 0 aliphatic carbocycles. The third-order valence-electron chi connectivity index (χ3n) is 1.46. The molecule has 7 heteroatoms. The number of esters is 1. The molecule has 0 rings (SSSR count). The van der Waals surface area contributed by atoms with E-state index in [9.17, 15) is 13.2 Å². The fourth-order valence-electron chi connectivity index (χ4n) is 0.722. The first-order chi connectivity index (χ1) is 6.41. The first kappa shape index (κ1) is 13.3. The lowest BCUT2D eigenvalue weighted by molar-refractivity contribution is -0.140. The second kappa shape index (κ2) is 5.94. The maximum Gasteiger partial charge on any atom is 0.306 e. The van der Waals surface area contributed by atoms with E-state index in [4.69, 9.17) is 5.11 Å². The zero-order chi connectivity index (χ0) is 11.2. The molecular weight excluding hydrogens is 210 g/mol. The first-order valence-corrected chi connectivity index (χ1v) is 5.74. The van der Waals surface area contributed by atoms with Crippen LogP contribution >= 0.6 is 0 Å². The summed E-state index contributed by atoms with van der Waals surface area (Å²) < 4.78 is 28.9. The van der Waals surface area contributed by atoms with Gasteiger partial charge in [-0.2, -0.15) is 0 Å². The highest BCUT2D eigenvalue weighted by atomic mass is 32.2. The molecule has 1 atom stereocenters. The molecule has 0 aromatic carbocycles. The number of aliphatic hydroxyl groups is 1. The van der Waals surface area contributed by atoms with E-state index in [2.05, 4.69) is 9.46 Å². The summed E-state index contributed by atoms with van der Waals surface area (Å²) in [6.07, 6.45) is -0.190. The predicted molar refractivity (Wildman–Crippen MR) is 50.1 cm³/mol. The Labute approximate surface area is 83.3 Å². The molecule has 0 fully saturated rings. The van der Waals surface area contributed by atoms with Crippen molar-refractivity contribution in [2.24, 2.45) is 0 Å². The van der Waals surface area contributed by atoms with E-state index in [1.54, 1.807) is 0 Å². The molecule has 0 heterocycles. The van der Waals surface area contributed by atoms with Crippen molar-refractivity contribution in [2.45, 2.75) is 19.4 Å². The van der Waals surface area contributed by atoms with Crippen LogP contribution in [0.25, 0.3) is 0 Å². The summed E-state index contributed by atoms with van der Waals surface area (Å²) in [6, 6.07) is -0.544. The quantitative estimate of drug-likeness (QED) is 0.557. The van der Waals surface area contributed by atoms with Crippen molar-refractivity contribution in [3.8, 4) is 0 Å². The minimum absolute atomic E-state index is 0.190. The van der Waals surface area contributed by atoms with Gasteiger partial charge in [0.2, 0.25) is 10.0 Å². The Kier molecular flexibility index (Phi) is 5.66. The topological polar surface area (TPSA) is 92.7 Å². The fraction of sp³-hybridized carbons (Fsp3) is 0.857. The molecule has 14 heavy (non-hydrogen) atoms. The van der Waals surface area contributed by atoms with Crippen LogP contribution in [0.4, 0.5) is 0 Å². The monoisotopic (exact) mass is 225 g/mol. The summed E-state index contributed by atoms with van der Waals surface area (Å²) in [4.78, 5) is 10.6. The zero-order valence-electron chi connectivity index (χ0n) is 8.19. The van der Waals surface area contributed by atoms with Gasteiger partial charge >= 0.3 is 5.97 Å². The third kappa shape index (κ3) is 5.90. The number of sulfonamides is 1. The van der Waals surface area contributed by atoms with Crippen LogP contribution in [0, 0.1) is 0 Å². The number of ether oxygens (including phenoxy) is 1. The van der Waals surface area contributed by atoms with E-state index in [1.807, 2.05) is 0 Å². The van der Waals surface area contributed by atoms with Gasteiger partial charge in [-0.25, -0.2) is 13.1 Å². The van der Waals surface area contributed by atoms with Gasteiger partial charge in [-0.1, -0.05) is 0 Å². The van der Waals surface area contributed by atoms with Gasteiger partial charge in [0.25, 0.3) is 0 Å². The molecular formula is C7H15NO5S. The molecule has 0 saturated heterocycles. The largest absolute Gasteiger partial charge is 0.469 e. The number of carbonyl (C=O) groups excluding carboxylic acids is 1. The molecule has 0 aliphatic rings. The summed E-state index contributed by atoms with van der Waals surface area (Å²) in [5.74, 6) is -0.906. The number of methoxy groups -OCH3 is 1. The van der Waals surface area contributed by atoms with Crippen molar-refractivity contribution in [1.82, 2.24) is 4.72 Å². The van der Waals surface area contributed by atoms with Crippen LogP contribution in [0.15, 0.2) is 0 Å². The second-order valence-corrected chi connectivity index (χ2v) is 4.72. The SMILES string of the molecule is COC(=O)CCS(=O)(=O)N[C@@H](C)CO. The van der Waals surface area contributed by atoms with Crippen LogP contribution in [0.1, 0.15) is 13.3 Å². The van der Waals surface area contributed by atoms with Gasteiger partial charge in [0.15, 0.2) is 0 Å². The maximum absolute atomic E-state index is 11.2. The fourth-order valence-corrected chi connectivity index (χ4v) is 1.96. The smallest absolute Gasteiger partial charge is 0.306 e. The molecule has 6 nitrogen and oxygen atoms in total. The highest BCUT2D eigenvalue weighted by molar-refractivity contribution is 7.89. The van der Waals surface area contributed by atoms with Crippen LogP contribution < -0.4 is 4.72 Å². The maximum atomic E-state index is 11.2. The van der Waals surface area contributed by atoms with Crippen molar-refractivity contribution in [3.63, 3.8) is 0 Å². The van der Waals surface area contributed by atoms with E-state index in [0.29, 0.717) is 0 Å². The van der Waals surface area contributed by atoms with Gasteiger partial charge in [0, 0.05) is 6.04 Å². The average molecular weight is 225 g/mol. The molecule has 2 N–H and O–H groups in total. The van der Waals surface area contributed by atoms with Crippen molar-refractivity contribution in [3.05, 3.63) is 0 Å². The Balaban J connectivity index is 4.02. The van der Waals surface area contributed by atoms with E-state index < -0.39 is 22.0 Å². The number of aliphatic hydroxyl groups excluding tert-OH is 1. The first-order valence-electron chi connectivity index (χ1n) is 4.09. The Morgan fingerprint density at radius 1 is 1.57 bits per heavy atom. The summed E-state index contributed by atoms with van der Waals surface area (Å²) >= 11 is 0. The predicted octanol–water partition coefficient (Wildman–Crippen LogP) is -1.15. The van der Waals surface area contributed by atoms with Crippen LogP contribution in [0.5, 0.6) is 0 Å². The lowest BCUT2D eigenvalue weighted by Crippen LogP contribution is -2.37. The summed E-state index contributed by atoms with van der Waals surface area (Å²) in [5, 5.41) is 8.60. The van der Waals surface area contributed by atoms with E-state index in [1.165, 1.54) is 14.0 Å². The van der Waals surface area contributed by atoms with Gasteiger partial charge in [0.05, 0.1) is 25.9 Å². The second-order valence-electron chi connectivity index (χ2n) is 2.85. The van der Waals surface area contributed by atoms with Crippen LogP contribution in [-0.4, -0.2) is 45.0 Å². The molecule has 0 saturated carbocycles. The Bertz CT molecular complexity index is 274. The minimum atomic E-state index is -3.51. The molecule has 0 aromatic rings. The van der Waals surface area contributed by atoms with E-state index in [-0.39, 0.29) is 18.8 Å². The van der Waals surface area contributed by atoms with Gasteiger partial charge in [-0.05, 0) is 6.92 Å². The minimum Gasteiger partial charge on any atom is -0.469 e. The molecule has 0 aromatic heterocycles. The van der Waals surface area contributed by atoms with E-state index >= 15 is 0 Å². The van der Waals surface area contributed by atoms with Crippen LogP contribution in [0.2, 0.25) is 0 Å². The number of hydrogen-bond donors (Lipinski definition) is 2. The standard InChI is InChI=1S/C7H15NO5S/c1-6(5-9)8-14(11,12)4-3-7(10)13-2/h6,8-9H,3-5H2,1-2H3/t6-/m0/s1. The molecule has 0 aliphatic heterocycles. The lowest BCUT2D eigenvalue weighted by Gasteiger charge is -2.10. The van der Waals surface area contributed by atoms with Crippen LogP contribution in [0.3, 0.4) is 0 Å². The molecule has 84 valence electrons. The van der Waals surface area contributed by atoms with Crippen molar-refractivity contribution in [2.75, 3.05) is 19.5 Å². The Morgan fingerprint density at radius 2 is 2.14 bits per heavy atom. The number of carbonyl (C=O) groups is 1. The summed E-state index contributed by atoms with van der Waals surface area (Å²) in [6.45, 7) is 1.24. The summed E-state index contributed by atoms with van der Waals surface area (Å²) in [5.41, 5.74) is 0. The molecule has 0 amide bonds. The van der Waals surface area contributed by atoms with Gasteiger partial charge < -0.3 is 9.84 Å². The third-order valence-corrected chi connectivity index (χ3v) is 2.96. The van der Waals surface area contributed by atoms with Gasteiger partial charge in [-0.15, -0.1) is 0 Å². The summed E-state index contributed by atoms with van der Waals surface area (Å²) in [7, 11) is -2.32. The van der Waals surface area contributed by atoms with E-state index in [0.717, 1.165) is 0 Å². The number of rotatable bonds is 6. The molecule has 0 spiro atoms. The Morgan fingerprint density at radius 3 is 2.57 bits per heavy atom. The van der Waals surface area contributed by atoms with Crippen molar-refractivity contribution < 1.29 is 23.1 Å². The van der Waals surface area contributed by atoms with Crippen molar-refractivity contribution >= 4 is 16.0 Å².